The summed E-state index contributed by atoms with van der Waals surface area (Å²) in [5, 5.41) is 11.0. The SMILES string of the molecule is CC(C)(Oc1ccc(Cl)cc1)C(=O)Nc1c2c(nn1CC(=O)NC[C@@H]1CCCO1)CSC2. The minimum atomic E-state index is -1.15. The summed E-state index contributed by atoms with van der Waals surface area (Å²) >= 11 is 7.66. The van der Waals surface area contributed by atoms with Crippen molar-refractivity contribution in [3.05, 3.63) is 40.5 Å². The molecule has 0 saturated carbocycles. The fraction of sp³-hybridized carbons (Fsp3) is 0.500. The van der Waals surface area contributed by atoms with Crippen LogP contribution in [-0.4, -0.2) is 46.5 Å². The first-order valence-corrected chi connectivity index (χ1v) is 12.2. The third-order valence-electron chi connectivity index (χ3n) is 5.43. The molecule has 1 aromatic heterocycles. The molecule has 0 spiro atoms. The molecule has 8 nitrogen and oxygen atoms in total. The summed E-state index contributed by atoms with van der Waals surface area (Å²) in [4.78, 5) is 25.6. The summed E-state index contributed by atoms with van der Waals surface area (Å²) in [5.41, 5.74) is 0.704. The molecule has 2 aromatic rings. The minimum Gasteiger partial charge on any atom is -0.478 e. The molecule has 0 radical (unpaired) electrons. The van der Waals surface area contributed by atoms with Crippen LogP contribution in [0, 0.1) is 0 Å². The highest BCUT2D eigenvalue weighted by molar-refractivity contribution is 7.98. The van der Waals surface area contributed by atoms with E-state index < -0.39 is 5.60 Å². The van der Waals surface area contributed by atoms with Crippen LogP contribution < -0.4 is 15.4 Å². The number of thioether (sulfide) groups is 1. The summed E-state index contributed by atoms with van der Waals surface area (Å²) in [6, 6.07) is 6.85. The van der Waals surface area contributed by atoms with Crippen molar-refractivity contribution in [1.29, 1.82) is 0 Å². The van der Waals surface area contributed by atoms with E-state index in [1.165, 1.54) is 0 Å². The number of nitrogens with zero attached hydrogens (tertiary/aromatic N) is 2. The molecule has 0 aliphatic carbocycles. The fourth-order valence-electron chi connectivity index (χ4n) is 3.65. The van der Waals surface area contributed by atoms with Crippen LogP contribution in [0.4, 0.5) is 5.82 Å². The number of aromatic nitrogens is 2. The van der Waals surface area contributed by atoms with Gasteiger partial charge in [0.1, 0.15) is 18.1 Å². The van der Waals surface area contributed by atoms with Gasteiger partial charge in [0.15, 0.2) is 5.60 Å². The van der Waals surface area contributed by atoms with Crippen molar-refractivity contribution in [2.75, 3.05) is 18.5 Å². The van der Waals surface area contributed by atoms with Gasteiger partial charge in [-0.3, -0.25) is 9.59 Å². The van der Waals surface area contributed by atoms with Gasteiger partial charge in [0.25, 0.3) is 5.91 Å². The number of halogens is 1. The van der Waals surface area contributed by atoms with Gasteiger partial charge in [-0.05, 0) is 51.0 Å². The molecule has 2 aliphatic rings. The van der Waals surface area contributed by atoms with Crippen LogP contribution in [0.25, 0.3) is 0 Å². The Morgan fingerprint density at radius 1 is 1.31 bits per heavy atom. The lowest BCUT2D eigenvalue weighted by Crippen LogP contribution is -2.43. The van der Waals surface area contributed by atoms with E-state index >= 15 is 0 Å². The predicted octanol–water partition coefficient (Wildman–Crippen LogP) is 3.37. The third-order valence-corrected chi connectivity index (χ3v) is 6.65. The molecule has 4 rings (SSSR count). The monoisotopic (exact) mass is 478 g/mol. The molecule has 1 atom stereocenters. The maximum absolute atomic E-state index is 13.1. The van der Waals surface area contributed by atoms with E-state index in [2.05, 4.69) is 15.7 Å². The maximum atomic E-state index is 13.1. The standard InChI is InChI=1S/C22H27ClN4O4S/c1-22(2,31-15-7-5-14(23)6-8-15)21(29)25-20-17-12-32-13-18(17)26-27(20)11-19(28)24-10-16-4-3-9-30-16/h5-8,16H,3-4,9-13H2,1-2H3,(H,24,28)(H,25,29)/t16-/m0/s1. The molecule has 2 aliphatic heterocycles. The Balaban J connectivity index is 1.44. The molecule has 0 unspecified atom stereocenters. The van der Waals surface area contributed by atoms with Crippen LogP contribution in [0.15, 0.2) is 24.3 Å². The van der Waals surface area contributed by atoms with E-state index in [4.69, 9.17) is 21.1 Å². The van der Waals surface area contributed by atoms with Crippen LogP contribution in [0.2, 0.25) is 5.02 Å². The number of carbonyl (C=O) groups excluding carboxylic acids is 2. The van der Waals surface area contributed by atoms with Crippen molar-refractivity contribution < 1.29 is 19.1 Å². The highest BCUT2D eigenvalue weighted by Gasteiger charge is 2.33. The summed E-state index contributed by atoms with van der Waals surface area (Å²) in [7, 11) is 0. The highest BCUT2D eigenvalue weighted by atomic mass is 35.5. The molecule has 32 heavy (non-hydrogen) atoms. The first-order valence-electron chi connectivity index (χ1n) is 10.6. The molecule has 0 bridgehead atoms. The number of ether oxygens (including phenoxy) is 2. The van der Waals surface area contributed by atoms with Crippen LogP contribution in [-0.2, 0) is 32.4 Å². The molecule has 1 saturated heterocycles. The van der Waals surface area contributed by atoms with E-state index in [0.717, 1.165) is 42.2 Å². The van der Waals surface area contributed by atoms with Crippen LogP contribution in [0.5, 0.6) is 5.75 Å². The van der Waals surface area contributed by atoms with Crippen molar-refractivity contribution in [3.8, 4) is 5.75 Å². The normalized spacial score (nSPS) is 17.8. The molecule has 2 amide bonds. The smallest absolute Gasteiger partial charge is 0.269 e. The topological polar surface area (TPSA) is 94.5 Å². The zero-order valence-corrected chi connectivity index (χ0v) is 19.7. The zero-order valence-electron chi connectivity index (χ0n) is 18.2. The van der Waals surface area contributed by atoms with Crippen molar-refractivity contribution in [2.24, 2.45) is 0 Å². The number of amides is 2. The number of benzene rings is 1. The Kier molecular flexibility index (Phi) is 6.97. The van der Waals surface area contributed by atoms with E-state index in [1.807, 2.05) is 0 Å². The van der Waals surface area contributed by atoms with Crippen LogP contribution in [0.1, 0.15) is 37.9 Å². The van der Waals surface area contributed by atoms with Gasteiger partial charge in [-0.15, -0.1) is 0 Å². The molecule has 172 valence electrons. The third kappa shape index (κ3) is 5.39. The van der Waals surface area contributed by atoms with Crippen LogP contribution >= 0.6 is 23.4 Å². The molecule has 3 heterocycles. The number of hydrogen-bond acceptors (Lipinski definition) is 6. The second-order valence-corrected chi connectivity index (χ2v) is 9.81. The number of rotatable bonds is 8. The van der Waals surface area contributed by atoms with Crippen molar-refractivity contribution >= 4 is 41.0 Å². The summed E-state index contributed by atoms with van der Waals surface area (Å²) < 4.78 is 13.0. The molecule has 1 aromatic carbocycles. The van der Waals surface area contributed by atoms with Gasteiger partial charge < -0.3 is 20.1 Å². The van der Waals surface area contributed by atoms with Gasteiger partial charge in [-0.1, -0.05) is 11.6 Å². The average molecular weight is 479 g/mol. The van der Waals surface area contributed by atoms with Gasteiger partial charge >= 0.3 is 0 Å². The second-order valence-electron chi connectivity index (χ2n) is 8.38. The number of anilines is 1. The first kappa shape index (κ1) is 22.9. The first-order chi connectivity index (χ1) is 15.3. The molecule has 10 heteroatoms. The van der Waals surface area contributed by atoms with Gasteiger partial charge in [0.05, 0.1) is 11.8 Å². The lowest BCUT2D eigenvalue weighted by molar-refractivity contribution is -0.128. The molecular formula is C22H27ClN4O4S. The zero-order chi connectivity index (χ0) is 22.7. The van der Waals surface area contributed by atoms with Crippen molar-refractivity contribution in [1.82, 2.24) is 15.1 Å². The Morgan fingerprint density at radius 2 is 2.09 bits per heavy atom. The lowest BCUT2D eigenvalue weighted by atomic mass is 10.1. The Morgan fingerprint density at radius 3 is 2.81 bits per heavy atom. The van der Waals surface area contributed by atoms with E-state index in [-0.39, 0.29) is 24.5 Å². The summed E-state index contributed by atoms with van der Waals surface area (Å²) in [5.74, 6) is 2.09. The van der Waals surface area contributed by atoms with Gasteiger partial charge in [-0.2, -0.15) is 16.9 Å². The Bertz CT molecular complexity index is 987. The van der Waals surface area contributed by atoms with Crippen molar-refractivity contribution in [2.45, 2.75) is 56.4 Å². The predicted molar refractivity (Wildman–Crippen MR) is 124 cm³/mol. The second kappa shape index (κ2) is 9.72. The van der Waals surface area contributed by atoms with Gasteiger partial charge in [0.2, 0.25) is 5.91 Å². The maximum Gasteiger partial charge on any atom is 0.269 e. The van der Waals surface area contributed by atoms with E-state index in [0.29, 0.717) is 23.1 Å². The largest absolute Gasteiger partial charge is 0.478 e. The fourth-order valence-corrected chi connectivity index (χ4v) is 4.81. The quantitative estimate of drug-likeness (QED) is 0.604. The minimum absolute atomic E-state index is 0.0263. The lowest BCUT2D eigenvalue weighted by Gasteiger charge is -2.25. The molecule has 1 fully saturated rings. The number of fused-ring (bicyclic) bond motifs is 1. The van der Waals surface area contributed by atoms with Crippen molar-refractivity contribution in [3.63, 3.8) is 0 Å². The van der Waals surface area contributed by atoms with Crippen LogP contribution in [0.3, 0.4) is 0 Å². The summed E-state index contributed by atoms with van der Waals surface area (Å²) in [6.07, 6.45) is 2.05. The number of carbonyl (C=O) groups is 2. The van der Waals surface area contributed by atoms with Gasteiger partial charge in [0, 0.05) is 35.2 Å². The summed E-state index contributed by atoms with van der Waals surface area (Å²) in [6.45, 7) is 4.65. The van der Waals surface area contributed by atoms with Gasteiger partial charge in [-0.25, -0.2) is 4.68 Å². The number of nitrogens with one attached hydrogen (secondary N) is 2. The molecular weight excluding hydrogens is 452 g/mol. The van der Waals surface area contributed by atoms with E-state index in [1.54, 1.807) is 54.6 Å². The molecule has 2 N–H and O–H groups in total. The van der Waals surface area contributed by atoms with E-state index in [9.17, 15) is 9.59 Å². The number of hydrogen-bond donors (Lipinski definition) is 2. The Labute approximate surface area is 196 Å². The average Bonchev–Trinajstić information content (AvgIpc) is 3.48. The Hall–Kier alpha value is -2.23. The highest BCUT2D eigenvalue weighted by Crippen LogP contribution is 2.35.